The van der Waals surface area contributed by atoms with Crippen molar-refractivity contribution < 1.29 is 18.6 Å². The van der Waals surface area contributed by atoms with Crippen molar-refractivity contribution in [3.05, 3.63) is 53.6 Å². The van der Waals surface area contributed by atoms with Crippen LogP contribution in [0, 0.1) is 18.6 Å². The molecule has 0 radical (unpaired) electrons. The van der Waals surface area contributed by atoms with E-state index >= 15 is 0 Å². The van der Waals surface area contributed by atoms with E-state index in [1.807, 2.05) is 6.92 Å². The molecule has 2 rings (SSSR count). The van der Waals surface area contributed by atoms with Crippen molar-refractivity contribution in [3.63, 3.8) is 0 Å². The highest BCUT2D eigenvalue weighted by atomic mass is 19.2. The van der Waals surface area contributed by atoms with Crippen molar-refractivity contribution in [2.75, 3.05) is 0 Å². The van der Waals surface area contributed by atoms with Gasteiger partial charge in [0.15, 0.2) is 11.6 Å². The zero-order valence-corrected chi connectivity index (χ0v) is 9.08. The predicted molar refractivity (Wildman–Crippen MR) is 59.3 cm³/mol. The van der Waals surface area contributed by atoms with Crippen molar-refractivity contribution >= 4 is 0 Å². The first-order chi connectivity index (χ1) is 8.08. The number of phenols is 1. The number of hydrogen-bond acceptors (Lipinski definition) is 2. The molecule has 2 aromatic carbocycles. The van der Waals surface area contributed by atoms with Crippen molar-refractivity contribution in [1.82, 2.24) is 0 Å². The topological polar surface area (TPSA) is 29.5 Å². The van der Waals surface area contributed by atoms with Gasteiger partial charge in [-0.25, -0.2) is 4.39 Å². The van der Waals surface area contributed by atoms with Crippen LogP contribution in [0.25, 0.3) is 0 Å². The molecule has 1 N–H and O–H groups in total. The van der Waals surface area contributed by atoms with E-state index in [-0.39, 0.29) is 0 Å². The van der Waals surface area contributed by atoms with E-state index in [0.29, 0.717) is 5.75 Å². The lowest BCUT2D eigenvalue weighted by Crippen LogP contribution is -1.92. The van der Waals surface area contributed by atoms with Gasteiger partial charge >= 0.3 is 0 Å². The molecule has 0 saturated carbocycles. The van der Waals surface area contributed by atoms with Gasteiger partial charge in [0.05, 0.1) is 0 Å². The number of aryl methyl sites for hydroxylation is 1. The molecule has 0 bridgehead atoms. The van der Waals surface area contributed by atoms with Crippen LogP contribution in [-0.4, -0.2) is 5.11 Å². The maximum absolute atomic E-state index is 13.4. The quantitative estimate of drug-likeness (QED) is 0.859. The molecule has 17 heavy (non-hydrogen) atoms. The number of ether oxygens (including phenoxy) is 1. The smallest absolute Gasteiger partial charge is 0.207 e. The normalized spacial score (nSPS) is 10.3. The minimum Gasteiger partial charge on any atom is -0.504 e. The molecule has 2 aromatic rings. The van der Waals surface area contributed by atoms with Gasteiger partial charge in [0.2, 0.25) is 11.6 Å². The second kappa shape index (κ2) is 4.41. The van der Waals surface area contributed by atoms with Crippen molar-refractivity contribution in [2.45, 2.75) is 6.92 Å². The summed E-state index contributed by atoms with van der Waals surface area (Å²) in [6.45, 7) is 1.89. The summed E-state index contributed by atoms with van der Waals surface area (Å²) in [5.74, 6) is -2.88. The molecule has 0 aliphatic heterocycles. The van der Waals surface area contributed by atoms with Gasteiger partial charge in [-0.15, -0.1) is 0 Å². The average Bonchev–Trinajstić information content (AvgIpc) is 2.32. The molecule has 0 unspecified atom stereocenters. The van der Waals surface area contributed by atoms with E-state index in [9.17, 15) is 13.9 Å². The average molecular weight is 236 g/mol. The summed E-state index contributed by atoms with van der Waals surface area (Å²) in [4.78, 5) is 0. The number of halogens is 2. The Morgan fingerprint density at radius 3 is 2.29 bits per heavy atom. The van der Waals surface area contributed by atoms with Gasteiger partial charge < -0.3 is 9.84 Å². The fraction of sp³-hybridized carbons (Fsp3) is 0.0769. The summed E-state index contributed by atoms with van der Waals surface area (Å²) in [5, 5.41) is 9.40. The lowest BCUT2D eigenvalue weighted by atomic mass is 10.2. The number of phenolic OH excluding ortho intramolecular Hbond substituents is 1. The highest BCUT2D eigenvalue weighted by molar-refractivity contribution is 5.43. The Morgan fingerprint density at radius 2 is 1.65 bits per heavy atom. The molecule has 0 fully saturated rings. The van der Waals surface area contributed by atoms with E-state index in [1.54, 1.807) is 24.3 Å². The van der Waals surface area contributed by atoms with Crippen molar-refractivity contribution in [1.29, 1.82) is 0 Å². The van der Waals surface area contributed by atoms with Gasteiger partial charge in [-0.2, -0.15) is 4.39 Å². The van der Waals surface area contributed by atoms with Gasteiger partial charge in [-0.1, -0.05) is 17.7 Å². The molecule has 0 aliphatic carbocycles. The van der Waals surface area contributed by atoms with Crippen LogP contribution in [0.5, 0.6) is 17.2 Å². The van der Waals surface area contributed by atoms with E-state index in [2.05, 4.69) is 0 Å². The minimum absolute atomic E-state index is 0.329. The third kappa shape index (κ3) is 2.36. The van der Waals surface area contributed by atoms with Gasteiger partial charge in [-0.05, 0) is 31.2 Å². The molecular weight excluding hydrogens is 226 g/mol. The molecule has 0 aromatic heterocycles. The standard InChI is InChI=1S/C13H10F2O2/c1-8-2-4-9(5-3-8)17-13-11(16)7-6-10(14)12(13)15/h2-7,16H,1H3. The fourth-order valence-electron chi connectivity index (χ4n) is 1.34. The highest BCUT2D eigenvalue weighted by Gasteiger charge is 2.15. The number of hydrogen-bond donors (Lipinski definition) is 1. The maximum Gasteiger partial charge on any atom is 0.207 e. The van der Waals surface area contributed by atoms with Gasteiger partial charge in [0.25, 0.3) is 0 Å². The van der Waals surface area contributed by atoms with Crippen LogP contribution in [-0.2, 0) is 0 Å². The first kappa shape index (κ1) is 11.4. The predicted octanol–water partition coefficient (Wildman–Crippen LogP) is 3.77. The van der Waals surface area contributed by atoms with Crippen LogP contribution in [0.3, 0.4) is 0 Å². The Bertz CT molecular complexity index is 536. The van der Waals surface area contributed by atoms with E-state index in [4.69, 9.17) is 4.74 Å². The number of aromatic hydroxyl groups is 1. The Morgan fingerprint density at radius 1 is 1.00 bits per heavy atom. The van der Waals surface area contributed by atoms with Crippen LogP contribution in [0.1, 0.15) is 5.56 Å². The van der Waals surface area contributed by atoms with Gasteiger partial charge in [0, 0.05) is 0 Å². The lowest BCUT2D eigenvalue weighted by Gasteiger charge is -2.09. The molecule has 88 valence electrons. The zero-order chi connectivity index (χ0) is 12.4. The molecular formula is C13H10F2O2. The van der Waals surface area contributed by atoms with Gasteiger partial charge in [-0.3, -0.25) is 0 Å². The Kier molecular flexibility index (Phi) is 2.95. The molecule has 2 nitrogen and oxygen atoms in total. The summed E-state index contributed by atoms with van der Waals surface area (Å²) in [5.41, 5.74) is 1.02. The Hall–Kier alpha value is -2.10. The van der Waals surface area contributed by atoms with Crippen LogP contribution < -0.4 is 4.74 Å². The minimum atomic E-state index is -1.20. The Labute approximate surface area is 97.1 Å². The molecule has 0 heterocycles. The third-order valence-electron chi connectivity index (χ3n) is 2.27. The first-order valence-corrected chi connectivity index (χ1v) is 4.99. The lowest BCUT2D eigenvalue weighted by molar-refractivity contribution is 0.373. The van der Waals surface area contributed by atoms with Crippen LogP contribution in [0.4, 0.5) is 8.78 Å². The second-order valence-corrected chi connectivity index (χ2v) is 3.62. The van der Waals surface area contributed by atoms with Crippen LogP contribution in [0.15, 0.2) is 36.4 Å². The van der Waals surface area contributed by atoms with E-state index in [0.717, 1.165) is 17.7 Å². The fourth-order valence-corrected chi connectivity index (χ4v) is 1.34. The van der Waals surface area contributed by atoms with E-state index in [1.165, 1.54) is 0 Å². The molecule has 0 spiro atoms. The summed E-state index contributed by atoms with van der Waals surface area (Å²) in [6.07, 6.45) is 0. The van der Waals surface area contributed by atoms with Crippen LogP contribution in [0.2, 0.25) is 0 Å². The summed E-state index contributed by atoms with van der Waals surface area (Å²) in [6, 6.07) is 8.64. The third-order valence-corrected chi connectivity index (χ3v) is 2.27. The van der Waals surface area contributed by atoms with Crippen molar-refractivity contribution in [2.24, 2.45) is 0 Å². The van der Waals surface area contributed by atoms with Crippen LogP contribution >= 0.6 is 0 Å². The van der Waals surface area contributed by atoms with Gasteiger partial charge in [0.1, 0.15) is 5.75 Å². The molecule has 0 saturated heterocycles. The number of benzene rings is 2. The maximum atomic E-state index is 13.4. The monoisotopic (exact) mass is 236 g/mol. The Balaban J connectivity index is 2.36. The molecule has 0 amide bonds. The summed E-state index contributed by atoms with van der Waals surface area (Å²) in [7, 11) is 0. The summed E-state index contributed by atoms with van der Waals surface area (Å²) < 4.78 is 31.4. The largest absolute Gasteiger partial charge is 0.504 e. The zero-order valence-electron chi connectivity index (χ0n) is 9.08. The number of rotatable bonds is 2. The molecule has 4 heteroatoms. The first-order valence-electron chi connectivity index (χ1n) is 4.99. The second-order valence-electron chi connectivity index (χ2n) is 3.62. The van der Waals surface area contributed by atoms with Crippen molar-refractivity contribution in [3.8, 4) is 17.2 Å². The SMILES string of the molecule is Cc1ccc(Oc2c(O)ccc(F)c2F)cc1. The molecule has 0 atom stereocenters. The highest BCUT2D eigenvalue weighted by Crippen LogP contribution is 2.34. The summed E-state index contributed by atoms with van der Waals surface area (Å²) >= 11 is 0. The molecule has 0 aliphatic rings. The van der Waals surface area contributed by atoms with E-state index < -0.39 is 23.1 Å².